The first kappa shape index (κ1) is 20.4. The number of hydrogen-bond donors (Lipinski definition) is 2. The second-order valence-electron chi connectivity index (χ2n) is 9.01. The summed E-state index contributed by atoms with van der Waals surface area (Å²) < 4.78 is 5.28. The Balaban J connectivity index is 1.42. The summed E-state index contributed by atoms with van der Waals surface area (Å²) in [4.78, 5) is 17.4. The Morgan fingerprint density at radius 3 is 2.76 bits per heavy atom. The molecule has 168 valence electrons. The van der Waals surface area contributed by atoms with Gasteiger partial charge in [0.2, 0.25) is 0 Å². The van der Waals surface area contributed by atoms with Gasteiger partial charge in [-0.25, -0.2) is 9.97 Å². The van der Waals surface area contributed by atoms with E-state index < -0.39 is 0 Å². The predicted molar refractivity (Wildman–Crippen MR) is 133 cm³/mol. The van der Waals surface area contributed by atoms with Gasteiger partial charge in [-0.2, -0.15) is 5.10 Å². The zero-order chi connectivity index (χ0) is 23.1. The smallest absolute Gasteiger partial charge is 0.159 e. The van der Waals surface area contributed by atoms with E-state index in [0.717, 1.165) is 62.9 Å². The summed E-state index contributed by atoms with van der Waals surface area (Å²) in [5, 5.41) is 8.49. The van der Waals surface area contributed by atoms with Crippen LogP contribution in [0, 0.1) is 5.92 Å². The number of H-pyrrole nitrogens is 2. The fourth-order valence-corrected chi connectivity index (χ4v) is 4.27. The number of benzene rings is 1. The van der Waals surface area contributed by atoms with Crippen molar-refractivity contribution < 1.29 is 4.42 Å². The van der Waals surface area contributed by atoms with Crippen LogP contribution in [0.2, 0.25) is 0 Å². The Kier molecular flexibility index (Phi) is 4.95. The minimum atomic E-state index is 0.660. The van der Waals surface area contributed by atoms with Crippen molar-refractivity contribution in [3.8, 4) is 33.8 Å². The van der Waals surface area contributed by atoms with Gasteiger partial charge in [0.25, 0.3) is 0 Å². The molecule has 7 nitrogen and oxygen atoms in total. The van der Waals surface area contributed by atoms with Gasteiger partial charge in [0, 0.05) is 40.8 Å². The molecule has 0 atom stereocenters. The van der Waals surface area contributed by atoms with E-state index in [1.54, 1.807) is 12.5 Å². The normalized spacial score (nSPS) is 11.7. The first-order valence-electron chi connectivity index (χ1n) is 11.5. The monoisotopic (exact) mass is 448 g/mol. The van der Waals surface area contributed by atoms with Crippen LogP contribution < -0.4 is 0 Å². The second-order valence-corrected chi connectivity index (χ2v) is 9.01. The number of pyridine rings is 2. The van der Waals surface area contributed by atoms with Gasteiger partial charge >= 0.3 is 0 Å². The van der Waals surface area contributed by atoms with Gasteiger partial charge in [-0.05, 0) is 48.6 Å². The van der Waals surface area contributed by atoms with Crippen LogP contribution in [0.1, 0.15) is 25.8 Å². The fourth-order valence-electron chi connectivity index (χ4n) is 4.27. The summed E-state index contributed by atoms with van der Waals surface area (Å²) >= 11 is 0. The molecule has 0 saturated carbocycles. The Morgan fingerprint density at radius 2 is 1.91 bits per heavy atom. The highest BCUT2D eigenvalue weighted by Crippen LogP contribution is 2.32. The molecule has 0 radical (unpaired) electrons. The van der Waals surface area contributed by atoms with Crippen LogP contribution >= 0.6 is 0 Å². The maximum absolute atomic E-state index is 5.28. The number of furan rings is 1. The first-order valence-corrected chi connectivity index (χ1v) is 11.5. The predicted octanol–water partition coefficient (Wildman–Crippen LogP) is 6.41. The third-order valence-corrected chi connectivity index (χ3v) is 6.12. The molecular formula is C27H24N6O. The number of rotatable bonds is 6. The van der Waals surface area contributed by atoms with Gasteiger partial charge in [0.05, 0.1) is 28.9 Å². The lowest BCUT2D eigenvalue weighted by molar-refractivity contribution is 0.568. The maximum atomic E-state index is 5.28. The first-order chi connectivity index (χ1) is 16.7. The summed E-state index contributed by atoms with van der Waals surface area (Å²) in [5.74, 6) is 1.35. The minimum Gasteiger partial charge on any atom is -0.472 e. The average molecular weight is 449 g/mol. The van der Waals surface area contributed by atoms with E-state index in [1.807, 2.05) is 42.9 Å². The second kappa shape index (κ2) is 8.26. The molecule has 7 heteroatoms. The van der Waals surface area contributed by atoms with Crippen molar-refractivity contribution >= 4 is 22.1 Å². The summed E-state index contributed by atoms with van der Waals surface area (Å²) in [5.41, 5.74) is 8.57. The van der Waals surface area contributed by atoms with Crippen LogP contribution in [-0.2, 0) is 6.42 Å². The highest BCUT2D eigenvalue weighted by Gasteiger charge is 2.17. The quantitative estimate of drug-likeness (QED) is 0.307. The number of aromatic amines is 2. The van der Waals surface area contributed by atoms with Crippen molar-refractivity contribution in [3.63, 3.8) is 0 Å². The highest BCUT2D eigenvalue weighted by molar-refractivity contribution is 5.97. The number of nitrogens with one attached hydrogen (secondary N) is 2. The molecule has 0 bridgehead atoms. The minimum absolute atomic E-state index is 0.660. The molecule has 0 aliphatic carbocycles. The number of aromatic nitrogens is 6. The van der Waals surface area contributed by atoms with Crippen molar-refractivity contribution in [3.05, 3.63) is 73.1 Å². The molecule has 1 aromatic carbocycles. The molecule has 0 fully saturated rings. The van der Waals surface area contributed by atoms with Gasteiger partial charge in [-0.15, -0.1) is 0 Å². The molecule has 0 unspecified atom stereocenters. The summed E-state index contributed by atoms with van der Waals surface area (Å²) in [6.45, 7) is 4.48. The fraction of sp³-hybridized carbons (Fsp3) is 0.185. The Labute approximate surface area is 196 Å². The lowest BCUT2D eigenvalue weighted by atomic mass is 10.0. The number of fused-ring (bicyclic) bond motifs is 2. The van der Waals surface area contributed by atoms with Crippen LogP contribution in [-0.4, -0.2) is 30.1 Å². The van der Waals surface area contributed by atoms with E-state index in [-0.39, 0.29) is 0 Å². The molecule has 2 N–H and O–H groups in total. The molecule has 34 heavy (non-hydrogen) atoms. The Hall–Kier alpha value is -4.26. The third-order valence-electron chi connectivity index (χ3n) is 6.12. The number of nitrogens with zero attached hydrogens (tertiary/aromatic N) is 4. The molecule has 0 aliphatic rings. The molecule has 6 aromatic rings. The van der Waals surface area contributed by atoms with E-state index in [1.165, 1.54) is 5.56 Å². The van der Waals surface area contributed by atoms with E-state index in [4.69, 9.17) is 9.40 Å². The summed E-state index contributed by atoms with van der Waals surface area (Å²) in [6.07, 6.45) is 11.3. The van der Waals surface area contributed by atoms with Crippen LogP contribution in [0.15, 0.2) is 71.9 Å². The van der Waals surface area contributed by atoms with Crippen LogP contribution in [0.25, 0.3) is 55.8 Å². The van der Waals surface area contributed by atoms with Gasteiger partial charge in [-0.3, -0.25) is 10.1 Å². The van der Waals surface area contributed by atoms with Crippen molar-refractivity contribution in [1.82, 2.24) is 30.1 Å². The highest BCUT2D eigenvalue weighted by atomic mass is 16.3. The summed E-state index contributed by atoms with van der Waals surface area (Å²) in [7, 11) is 0. The Morgan fingerprint density at radius 1 is 1.00 bits per heavy atom. The Bertz CT molecular complexity index is 1590. The molecule has 0 saturated heterocycles. The van der Waals surface area contributed by atoms with Crippen molar-refractivity contribution in [2.45, 2.75) is 26.7 Å². The third kappa shape index (κ3) is 3.65. The van der Waals surface area contributed by atoms with Crippen LogP contribution in [0.5, 0.6) is 0 Å². The lowest BCUT2D eigenvalue weighted by Gasteiger charge is -2.07. The topological polar surface area (TPSA) is 96.3 Å². The van der Waals surface area contributed by atoms with Crippen molar-refractivity contribution in [2.24, 2.45) is 5.92 Å². The SMILES string of the molecule is CC(C)CCc1cncc(-c2cnc3[nH]nc(-c4nc5c(-c6ccoc6)cccc5[nH]4)c3c2)c1. The van der Waals surface area contributed by atoms with Crippen LogP contribution in [0.4, 0.5) is 0 Å². The molecule has 0 aliphatic heterocycles. The molecule has 5 heterocycles. The van der Waals surface area contributed by atoms with Crippen molar-refractivity contribution in [1.29, 1.82) is 0 Å². The van der Waals surface area contributed by atoms with E-state index in [2.05, 4.69) is 51.1 Å². The zero-order valence-electron chi connectivity index (χ0n) is 19.0. The van der Waals surface area contributed by atoms with E-state index in [9.17, 15) is 0 Å². The number of para-hydroxylation sites is 1. The van der Waals surface area contributed by atoms with Crippen LogP contribution in [0.3, 0.4) is 0 Å². The lowest BCUT2D eigenvalue weighted by Crippen LogP contribution is -1.94. The summed E-state index contributed by atoms with van der Waals surface area (Å²) in [6, 6.07) is 12.3. The molecule has 0 amide bonds. The van der Waals surface area contributed by atoms with Gasteiger partial charge in [-0.1, -0.05) is 26.0 Å². The largest absolute Gasteiger partial charge is 0.472 e. The maximum Gasteiger partial charge on any atom is 0.159 e. The number of aryl methyl sites for hydroxylation is 1. The van der Waals surface area contributed by atoms with Gasteiger partial charge < -0.3 is 9.40 Å². The van der Waals surface area contributed by atoms with Gasteiger partial charge in [0.15, 0.2) is 11.5 Å². The average Bonchev–Trinajstić information content (AvgIpc) is 3.61. The molecule has 5 aromatic heterocycles. The standard InChI is InChI=1S/C27H24N6O/c1-16(2)6-7-17-10-19(13-28-12-17)20-11-22-25(32-33-26(22)29-14-20)27-30-23-5-3-4-21(24(23)31-27)18-8-9-34-15-18/h3-5,8-16H,6-7H2,1-2H3,(H,30,31)(H,29,32,33). The zero-order valence-corrected chi connectivity index (χ0v) is 19.0. The van der Waals surface area contributed by atoms with E-state index in [0.29, 0.717) is 11.7 Å². The number of imidazole rings is 1. The van der Waals surface area contributed by atoms with Crippen molar-refractivity contribution in [2.75, 3.05) is 0 Å². The molecule has 0 spiro atoms. The molecule has 6 rings (SSSR count). The van der Waals surface area contributed by atoms with E-state index >= 15 is 0 Å². The molecular weight excluding hydrogens is 424 g/mol. The van der Waals surface area contributed by atoms with Gasteiger partial charge in [0.1, 0.15) is 5.69 Å². The number of hydrogen-bond acceptors (Lipinski definition) is 5.